The van der Waals surface area contributed by atoms with Crippen LogP contribution in [0.3, 0.4) is 0 Å². The van der Waals surface area contributed by atoms with Crippen molar-refractivity contribution in [3.63, 3.8) is 0 Å². The van der Waals surface area contributed by atoms with E-state index in [0.717, 1.165) is 0 Å². The molecule has 3 rings (SSSR count). The van der Waals surface area contributed by atoms with E-state index in [1.807, 2.05) is 30.6 Å². The van der Waals surface area contributed by atoms with Gasteiger partial charge in [0.25, 0.3) is 5.91 Å². The fourth-order valence-corrected chi connectivity index (χ4v) is 4.12. The van der Waals surface area contributed by atoms with Crippen molar-refractivity contribution in [2.24, 2.45) is 11.3 Å². The summed E-state index contributed by atoms with van der Waals surface area (Å²) in [6.45, 7) is 8.87. The maximum absolute atomic E-state index is 13.0. The molecule has 1 N–H and O–H groups in total. The topological polar surface area (TPSA) is 111 Å². The number of halogens is 3. The number of hydrogen-bond donors (Lipinski definition) is 1. The number of aliphatic carboxylic acids is 1. The largest absolute Gasteiger partial charge is 0.490 e. The Morgan fingerprint density at radius 3 is 2.18 bits per heavy atom. The van der Waals surface area contributed by atoms with Gasteiger partial charge in [0.15, 0.2) is 0 Å². The molecule has 12 heteroatoms. The Labute approximate surface area is 195 Å². The van der Waals surface area contributed by atoms with E-state index in [1.54, 1.807) is 29.3 Å². The summed E-state index contributed by atoms with van der Waals surface area (Å²) in [7, 11) is 0. The first-order chi connectivity index (χ1) is 15.8. The van der Waals surface area contributed by atoms with Gasteiger partial charge in [-0.1, -0.05) is 19.9 Å². The average molecular weight is 486 g/mol. The van der Waals surface area contributed by atoms with Crippen LogP contribution in [0.5, 0.6) is 0 Å². The fourth-order valence-electron chi connectivity index (χ4n) is 4.12. The van der Waals surface area contributed by atoms with Gasteiger partial charge in [0.05, 0.1) is 0 Å². The first-order valence-electron chi connectivity index (χ1n) is 10.9. The highest BCUT2D eigenvalue weighted by Gasteiger charge is 2.48. The van der Waals surface area contributed by atoms with Gasteiger partial charge in [-0.05, 0) is 19.1 Å². The van der Waals surface area contributed by atoms with Crippen LogP contribution in [-0.2, 0) is 14.4 Å². The van der Waals surface area contributed by atoms with Crippen LogP contribution in [0.1, 0.15) is 37.7 Å². The number of carbonyl (C=O) groups is 4. The van der Waals surface area contributed by atoms with Gasteiger partial charge < -0.3 is 19.8 Å². The number of carboxylic acids is 1. The van der Waals surface area contributed by atoms with Gasteiger partial charge in [-0.25, -0.2) is 4.79 Å². The van der Waals surface area contributed by atoms with Gasteiger partial charge in [0.1, 0.15) is 5.69 Å². The molecule has 1 aromatic rings. The molecule has 1 spiro atoms. The molecular weight excluding hydrogens is 457 g/mol. The highest BCUT2D eigenvalue weighted by atomic mass is 19.4. The van der Waals surface area contributed by atoms with Crippen molar-refractivity contribution >= 4 is 23.7 Å². The standard InChI is InChI=1S/C20H28N4O3.C2HF3O2/c1-4-22-12-20(11-17(22)25)13-23(18(26)15(2)3)9-10-24(14-20)19(27)16-7-5-6-8-21-16;3-2(4,5)1(6)7/h5-8,15H,4,9-14H2,1-3H3;(H,6,7). The zero-order chi connectivity index (χ0) is 25.7. The summed E-state index contributed by atoms with van der Waals surface area (Å²) < 4.78 is 31.7. The Balaban J connectivity index is 0.000000509. The minimum atomic E-state index is -5.08. The molecule has 2 saturated heterocycles. The molecule has 34 heavy (non-hydrogen) atoms. The summed E-state index contributed by atoms with van der Waals surface area (Å²) in [5, 5.41) is 7.12. The van der Waals surface area contributed by atoms with Gasteiger partial charge in [0.2, 0.25) is 11.8 Å². The Bertz CT molecular complexity index is 910. The molecule has 1 unspecified atom stereocenters. The van der Waals surface area contributed by atoms with Crippen LogP contribution in [0.2, 0.25) is 0 Å². The number of carboxylic acid groups (broad SMARTS) is 1. The summed E-state index contributed by atoms with van der Waals surface area (Å²) in [6, 6.07) is 5.27. The highest BCUT2D eigenvalue weighted by Crippen LogP contribution is 2.35. The van der Waals surface area contributed by atoms with E-state index >= 15 is 0 Å². The number of amides is 3. The third-order valence-electron chi connectivity index (χ3n) is 5.70. The molecule has 1 atom stereocenters. The number of pyridine rings is 1. The van der Waals surface area contributed by atoms with Gasteiger partial charge in [-0.2, -0.15) is 13.2 Å². The molecule has 3 amide bonds. The summed E-state index contributed by atoms with van der Waals surface area (Å²) >= 11 is 0. The molecular formula is C22H29F3N4O5. The molecule has 1 aromatic heterocycles. The van der Waals surface area contributed by atoms with E-state index in [4.69, 9.17) is 9.90 Å². The zero-order valence-electron chi connectivity index (χ0n) is 19.3. The zero-order valence-corrected chi connectivity index (χ0v) is 19.3. The quantitative estimate of drug-likeness (QED) is 0.699. The second kappa shape index (κ2) is 10.8. The van der Waals surface area contributed by atoms with Crippen molar-refractivity contribution in [3.8, 4) is 0 Å². The lowest BCUT2D eigenvalue weighted by Gasteiger charge is -2.34. The van der Waals surface area contributed by atoms with Crippen LogP contribution in [0, 0.1) is 11.3 Å². The second-order valence-electron chi connectivity index (χ2n) is 8.74. The van der Waals surface area contributed by atoms with Crippen LogP contribution in [0.4, 0.5) is 13.2 Å². The van der Waals surface area contributed by atoms with Crippen molar-refractivity contribution in [2.45, 2.75) is 33.4 Å². The summed E-state index contributed by atoms with van der Waals surface area (Å²) in [6.07, 6.45) is -3.11. The van der Waals surface area contributed by atoms with E-state index in [9.17, 15) is 27.6 Å². The number of carbonyl (C=O) groups excluding carboxylic acids is 3. The average Bonchev–Trinajstić information content (AvgIpc) is 2.97. The maximum Gasteiger partial charge on any atom is 0.490 e. The second-order valence-corrected chi connectivity index (χ2v) is 8.74. The predicted octanol–water partition coefficient (Wildman–Crippen LogP) is 1.89. The lowest BCUT2D eigenvalue weighted by atomic mass is 9.85. The minimum Gasteiger partial charge on any atom is -0.475 e. The molecule has 2 aliphatic rings. The first kappa shape index (κ1) is 27.1. The third-order valence-corrected chi connectivity index (χ3v) is 5.70. The van der Waals surface area contributed by atoms with Crippen molar-refractivity contribution in [2.75, 3.05) is 39.3 Å². The normalized spacial score (nSPS) is 20.8. The fraction of sp³-hybridized carbons (Fsp3) is 0.591. The molecule has 9 nitrogen and oxygen atoms in total. The molecule has 0 aromatic carbocycles. The predicted molar refractivity (Wildman–Crippen MR) is 115 cm³/mol. The van der Waals surface area contributed by atoms with E-state index in [1.165, 1.54) is 0 Å². The molecule has 188 valence electrons. The van der Waals surface area contributed by atoms with E-state index in [-0.39, 0.29) is 23.6 Å². The van der Waals surface area contributed by atoms with Crippen LogP contribution in [-0.4, -0.2) is 93.9 Å². The number of likely N-dealkylation sites (tertiary alicyclic amines) is 1. The molecule has 3 heterocycles. The highest BCUT2D eigenvalue weighted by molar-refractivity contribution is 5.92. The van der Waals surface area contributed by atoms with Crippen molar-refractivity contribution in [3.05, 3.63) is 30.1 Å². The van der Waals surface area contributed by atoms with Gasteiger partial charge in [-0.3, -0.25) is 19.4 Å². The van der Waals surface area contributed by atoms with Crippen LogP contribution in [0.15, 0.2) is 24.4 Å². The van der Waals surface area contributed by atoms with Crippen molar-refractivity contribution in [1.82, 2.24) is 19.7 Å². The maximum atomic E-state index is 13.0. The molecule has 0 saturated carbocycles. The summed E-state index contributed by atoms with van der Waals surface area (Å²) in [4.78, 5) is 56.6. The smallest absolute Gasteiger partial charge is 0.475 e. The SMILES string of the molecule is CCN1CC2(CC1=O)CN(C(=O)c1ccccn1)CCN(C(=O)C(C)C)C2.O=C(O)C(F)(F)F. The number of nitrogens with zero attached hydrogens (tertiary/aromatic N) is 4. The van der Waals surface area contributed by atoms with E-state index in [2.05, 4.69) is 4.98 Å². The molecule has 0 aliphatic carbocycles. The van der Waals surface area contributed by atoms with Crippen LogP contribution >= 0.6 is 0 Å². The molecule has 2 aliphatic heterocycles. The third kappa shape index (κ3) is 6.67. The Morgan fingerprint density at radius 2 is 1.71 bits per heavy atom. The van der Waals surface area contributed by atoms with Gasteiger partial charge >= 0.3 is 12.1 Å². The first-order valence-corrected chi connectivity index (χ1v) is 10.9. The molecule has 0 radical (unpaired) electrons. The number of alkyl halides is 3. The van der Waals surface area contributed by atoms with E-state index in [0.29, 0.717) is 51.4 Å². The number of hydrogen-bond acceptors (Lipinski definition) is 5. The minimum absolute atomic E-state index is 0.0731. The van der Waals surface area contributed by atoms with Crippen LogP contribution in [0.25, 0.3) is 0 Å². The molecule has 2 fully saturated rings. The monoisotopic (exact) mass is 486 g/mol. The van der Waals surface area contributed by atoms with Crippen molar-refractivity contribution < 1.29 is 37.5 Å². The molecule has 0 bridgehead atoms. The number of rotatable bonds is 3. The Hall–Kier alpha value is -3.18. The van der Waals surface area contributed by atoms with Gasteiger partial charge in [0, 0.05) is 63.2 Å². The van der Waals surface area contributed by atoms with E-state index < -0.39 is 17.6 Å². The van der Waals surface area contributed by atoms with Gasteiger partial charge in [-0.15, -0.1) is 0 Å². The lowest BCUT2D eigenvalue weighted by molar-refractivity contribution is -0.192. The van der Waals surface area contributed by atoms with Crippen LogP contribution < -0.4 is 0 Å². The summed E-state index contributed by atoms with van der Waals surface area (Å²) in [5.41, 5.74) is -0.0218. The Kier molecular flexibility index (Phi) is 8.62. The summed E-state index contributed by atoms with van der Waals surface area (Å²) in [5.74, 6) is -2.84. The van der Waals surface area contributed by atoms with Crippen molar-refractivity contribution in [1.29, 1.82) is 0 Å². The number of aromatic nitrogens is 1. The Morgan fingerprint density at radius 1 is 1.12 bits per heavy atom. The lowest BCUT2D eigenvalue weighted by Crippen LogP contribution is -2.46.